The predicted octanol–water partition coefficient (Wildman–Crippen LogP) is 2.22. The molecule has 2 rings (SSSR count). The van der Waals surface area contributed by atoms with Gasteiger partial charge in [-0.3, -0.25) is 9.59 Å². The number of benzene rings is 1. The van der Waals surface area contributed by atoms with Crippen molar-refractivity contribution in [2.24, 2.45) is 0 Å². The third-order valence-corrected chi connectivity index (χ3v) is 3.20. The van der Waals surface area contributed by atoms with E-state index < -0.39 is 5.97 Å². The Morgan fingerprint density at radius 2 is 1.95 bits per heavy atom. The Kier molecular flexibility index (Phi) is 3.51. The number of carboxylic acids is 1. The number of nitrogens with zero attached hydrogens (tertiary/aromatic N) is 1. The number of aromatic nitrogens is 1. The summed E-state index contributed by atoms with van der Waals surface area (Å²) in [6, 6.07) is 9.06. The molecule has 0 spiro atoms. The maximum absolute atomic E-state index is 11.6. The lowest BCUT2D eigenvalue weighted by molar-refractivity contribution is -0.137. The van der Waals surface area contributed by atoms with Gasteiger partial charge in [0.15, 0.2) is 0 Å². The normalized spacial score (nSPS) is 10.4. The zero-order chi connectivity index (χ0) is 14.0. The van der Waals surface area contributed by atoms with Gasteiger partial charge in [-0.1, -0.05) is 18.2 Å². The molecule has 1 heterocycles. The van der Waals surface area contributed by atoms with Gasteiger partial charge in [0.05, 0.1) is 0 Å². The van der Waals surface area contributed by atoms with Crippen molar-refractivity contribution in [1.82, 2.24) is 4.57 Å². The molecule has 0 saturated carbocycles. The van der Waals surface area contributed by atoms with E-state index in [1.165, 1.54) is 10.6 Å². The second kappa shape index (κ2) is 5.10. The summed E-state index contributed by atoms with van der Waals surface area (Å²) in [6.07, 6.45) is 1.60. The zero-order valence-corrected chi connectivity index (χ0v) is 10.9. The van der Waals surface area contributed by atoms with Gasteiger partial charge in [0.25, 0.3) is 5.56 Å². The number of carbonyl (C=O) groups is 1. The first-order chi connectivity index (χ1) is 8.99. The summed E-state index contributed by atoms with van der Waals surface area (Å²) in [4.78, 5) is 22.3. The van der Waals surface area contributed by atoms with Crippen LogP contribution in [0.4, 0.5) is 0 Å². The van der Waals surface area contributed by atoms with Crippen LogP contribution in [0.2, 0.25) is 0 Å². The van der Waals surface area contributed by atoms with Crippen LogP contribution in [0.3, 0.4) is 0 Å². The quantitative estimate of drug-likeness (QED) is 0.917. The van der Waals surface area contributed by atoms with Crippen LogP contribution in [0.5, 0.6) is 0 Å². The molecule has 4 heteroatoms. The third-order valence-electron chi connectivity index (χ3n) is 3.20. The van der Waals surface area contributed by atoms with Crippen molar-refractivity contribution in [3.05, 3.63) is 58.0 Å². The molecule has 19 heavy (non-hydrogen) atoms. The second-order valence-corrected chi connectivity index (χ2v) is 4.53. The number of carboxylic acid groups (broad SMARTS) is 1. The zero-order valence-electron chi connectivity index (χ0n) is 10.9. The van der Waals surface area contributed by atoms with Gasteiger partial charge in [0.2, 0.25) is 0 Å². The number of hydrogen-bond donors (Lipinski definition) is 1. The highest BCUT2D eigenvalue weighted by atomic mass is 16.4. The van der Waals surface area contributed by atoms with Crippen LogP contribution in [0.15, 0.2) is 41.3 Å². The fraction of sp³-hybridized carbons (Fsp3) is 0.200. The monoisotopic (exact) mass is 257 g/mol. The fourth-order valence-electron chi connectivity index (χ4n) is 2.02. The lowest BCUT2D eigenvalue weighted by atomic mass is 9.98. The summed E-state index contributed by atoms with van der Waals surface area (Å²) in [5.74, 6) is -1.03. The molecule has 0 aliphatic heterocycles. The minimum Gasteiger partial charge on any atom is -0.480 e. The molecule has 0 aliphatic carbocycles. The van der Waals surface area contributed by atoms with Crippen LogP contribution in [-0.4, -0.2) is 15.6 Å². The Labute approximate surface area is 110 Å². The summed E-state index contributed by atoms with van der Waals surface area (Å²) in [6.45, 7) is 3.71. The molecule has 1 aromatic carbocycles. The van der Waals surface area contributed by atoms with Crippen molar-refractivity contribution in [2.45, 2.75) is 20.4 Å². The number of rotatable bonds is 3. The smallest absolute Gasteiger partial charge is 0.323 e. The molecule has 0 aliphatic rings. The third kappa shape index (κ3) is 2.73. The van der Waals surface area contributed by atoms with E-state index in [1.807, 2.05) is 32.0 Å². The van der Waals surface area contributed by atoms with E-state index in [4.69, 9.17) is 5.11 Å². The molecule has 1 N–H and O–H groups in total. The molecule has 0 unspecified atom stereocenters. The number of hydrogen-bond acceptors (Lipinski definition) is 2. The van der Waals surface area contributed by atoms with Gasteiger partial charge >= 0.3 is 5.97 Å². The molecule has 4 nitrogen and oxygen atoms in total. The van der Waals surface area contributed by atoms with Crippen LogP contribution in [-0.2, 0) is 11.3 Å². The highest BCUT2D eigenvalue weighted by Crippen LogP contribution is 2.24. The molecule has 0 fully saturated rings. The molecular formula is C15H15NO3. The van der Waals surface area contributed by atoms with E-state index >= 15 is 0 Å². The maximum atomic E-state index is 11.6. The Bertz CT molecular complexity index is 686. The molecule has 0 radical (unpaired) electrons. The maximum Gasteiger partial charge on any atom is 0.323 e. The molecule has 1 aromatic heterocycles. The van der Waals surface area contributed by atoms with Crippen molar-refractivity contribution in [3.8, 4) is 11.1 Å². The number of aryl methyl sites for hydroxylation is 1. The summed E-state index contributed by atoms with van der Waals surface area (Å²) < 4.78 is 1.21. The van der Waals surface area contributed by atoms with Crippen LogP contribution < -0.4 is 5.56 Å². The summed E-state index contributed by atoms with van der Waals surface area (Å²) >= 11 is 0. The van der Waals surface area contributed by atoms with Crippen molar-refractivity contribution in [2.75, 3.05) is 0 Å². The number of pyridine rings is 1. The van der Waals surface area contributed by atoms with Gasteiger partial charge in [-0.25, -0.2) is 0 Å². The Balaban J connectivity index is 2.54. The highest BCUT2D eigenvalue weighted by Gasteiger charge is 2.07. The van der Waals surface area contributed by atoms with Gasteiger partial charge in [-0.05, 0) is 42.2 Å². The summed E-state index contributed by atoms with van der Waals surface area (Å²) in [7, 11) is 0. The van der Waals surface area contributed by atoms with Crippen molar-refractivity contribution >= 4 is 5.97 Å². The highest BCUT2D eigenvalue weighted by molar-refractivity contribution is 5.69. The van der Waals surface area contributed by atoms with Crippen molar-refractivity contribution in [1.29, 1.82) is 0 Å². The van der Waals surface area contributed by atoms with Crippen LogP contribution in [0.1, 0.15) is 11.1 Å². The summed E-state index contributed by atoms with van der Waals surface area (Å²) in [5.41, 5.74) is 3.84. The van der Waals surface area contributed by atoms with Crippen LogP contribution in [0.25, 0.3) is 11.1 Å². The van der Waals surface area contributed by atoms with E-state index in [-0.39, 0.29) is 12.1 Å². The Morgan fingerprint density at radius 3 is 2.63 bits per heavy atom. The molecule has 2 aromatic rings. The average Bonchev–Trinajstić information content (AvgIpc) is 2.35. The predicted molar refractivity (Wildman–Crippen MR) is 73.2 cm³/mol. The standard InChI is InChI=1S/C15H15NO3/c1-10-4-3-5-13(11(10)2)12-6-7-14(17)16(8-12)9-15(18)19/h3-8H,9H2,1-2H3,(H,18,19). The second-order valence-electron chi connectivity index (χ2n) is 4.53. The summed E-state index contributed by atoms with van der Waals surface area (Å²) in [5, 5.41) is 8.79. The van der Waals surface area contributed by atoms with Crippen LogP contribution in [0, 0.1) is 13.8 Å². The van der Waals surface area contributed by atoms with Crippen LogP contribution >= 0.6 is 0 Å². The van der Waals surface area contributed by atoms with Gasteiger partial charge < -0.3 is 9.67 Å². The van der Waals surface area contributed by atoms with Gasteiger partial charge in [0, 0.05) is 12.3 Å². The van der Waals surface area contributed by atoms with E-state index in [1.54, 1.807) is 12.3 Å². The Hall–Kier alpha value is -2.36. The minimum atomic E-state index is -1.03. The molecule has 0 atom stereocenters. The SMILES string of the molecule is Cc1cccc(-c2ccc(=O)n(CC(=O)O)c2)c1C. The van der Waals surface area contributed by atoms with E-state index in [9.17, 15) is 9.59 Å². The minimum absolute atomic E-state index is 0.309. The van der Waals surface area contributed by atoms with E-state index in [0.717, 1.165) is 22.3 Å². The van der Waals surface area contributed by atoms with E-state index in [0.29, 0.717) is 0 Å². The van der Waals surface area contributed by atoms with Gasteiger partial charge in [-0.15, -0.1) is 0 Å². The number of aliphatic carboxylic acids is 1. The molecular weight excluding hydrogens is 242 g/mol. The molecule has 0 amide bonds. The van der Waals surface area contributed by atoms with E-state index in [2.05, 4.69) is 0 Å². The van der Waals surface area contributed by atoms with Gasteiger partial charge in [-0.2, -0.15) is 0 Å². The first kappa shape index (κ1) is 13.1. The lowest BCUT2D eigenvalue weighted by Crippen LogP contribution is -2.22. The molecule has 0 saturated heterocycles. The first-order valence-electron chi connectivity index (χ1n) is 5.98. The largest absolute Gasteiger partial charge is 0.480 e. The average molecular weight is 257 g/mol. The Morgan fingerprint density at radius 1 is 1.21 bits per heavy atom. The topological polar surface area (TPSA) is 59.3 Å². The van der Waals surface area contributed by atoms with Crippen molar-refractivity contribution in [3.63, 3.8) is 0 Å². The first-order valence-corrected chi connectivity index (χ1v) is 5.98. The molecule has 98 valence electrons. The lowest BCUT2D eigenvalue weighted by Gasteiger charge is -2.10. The van der Waals surface area contributed by atoms with Crippen molar-refractivity contribution < 1.29 is 9.90 Å². The molecule has 0 bridgehead atoms. The fourth-order valence-corrected chi connectivity index (χ4v) is 2.02. The van der Waals surface area contributed by atoms with Gasteiger partial charge in [0.1, 0.15) is 6.54 Å².